The quantitative estimate of drug-likeness (QED) is 0.370. The molecule has 9 atom stereocenters. The van der Waals surface area contributed by atoms with Gasteiger partial charge in [0.25, 0.3) is 0 Å². The molecule has 0 amide bonds. The molecule has 0 aliphatic heterocycles. The summed E-state index contributed by atoms with van der Waals surface area (Å²) in [6, 6.07) is 10.3. The number of benzene rings is 1. The van der Waals surface area contributed by atoms with Crippen molar-refractivity contribution in [2.45, 2.75) is 113 Å². The lowest BCUT2D eigenvalue weighted by Crippen LogP contribution is -2.66. The number of anilines is 1. The summed E-state index contributed by atoms with van der Waals surface area (Å²) < 4.78 is 0. The monoisotopic (exact) mass is 546 g/mol. The Morgan fingerprint density at radius 3 is 2.27 bits per heavy atom. The zero-order valence-electron chi connectivity index (χ0n) is 26.2. The molecule has 0 spiro atoms. The first-order chi connectivity index (χ1) is 18.8. The van der Waals surface area contributed by atoms with Crippen LogP contribution in [0.2, 0.25) is 0 Å². The van der Waals surface area contributed by atoms with E-state index >= 15 is 0 Å². The largest absolute Gasteiger partial charge is 0.481 e. The maximum atomic E-state index is 12.9. The Morgan fingerprint density at radius 1 is 0.875 bits per heavy atom. The highest BCUT2D eigenvalue weighted by Crippen LogP contribution is 2.77. The summed E-state index contributed by atoms with van der Waals surface area (Å²) in [6.45, 7) is 17.6. The SMILES string of the molecule is CC(C)[C@@H]1CC[C@]2(C(=O)O)CC[C@]3(C)C(CCC4[C@@]5(C)CC/C(=N\Nc6ccccc6)C(C)(C)C5CC[C@]43C)C12. The van der Waals surface area contributed by atoms with Gasteiger partial charge in [0.15, 0.2) is 0 Å². The molecule has 4 unspecified atom stereocenters. The fourth-order valence-electron chi connectivity index (χ4n) is 12.4. The molecule has 0 saturated heterocycles. The number of fused-ring (bicyclic) bond motifs is 7. The predicted octanol–water partition coefficient (Wildman–Crippen LogP) is 9.28. The van der Waals surface area contributed by atoms with Crippen molar-refractivity contribution in [1.29, 1.82) is 0 Å². The van der Waals surface area contributed by atoms with Gasteiger partial charge in [0, 0.05) is 11.1 Å². The van der Waals surface area contributed by atoms with E-state index in [1.165, 1.54) is 37.8 Å². The van der Waals surface area contributed by atoms with E-state index in [9.17, 15) is 9.90 Å². The van der Waals surface area contributed by atoms with Gasteiger partial charge in [0.2, 0.25) is 0 Å². The number of rotatable bonds is 4. The zero-order valence-corrected chi connectivity index (χ0v) is 26.2. The molecular formula is C36H54N2O2. The van der Waals surface area contributed by atoms with Crippen LogP contribution in [0.1, 0.15) is 113 Å². The number of aliphatic carboxylic acids is 1. The van der Waals surface area contributed by atoms with Crippen LogP contribution in [0, 0.1) is 62.6 Å². The summed E-state index contributed by atoms with van der Waals surface area (Å²) in [5.41, 5.74) is 6.13. The number of para-hydroxylation sites is 1. The molecule has 5 fully saturated rings. The Kier molecular flexibility index (Phi) is 6.60. The van der Waals surface area contributed by atoms with Crippen LogP contribution in [0.25, 0.3) is 0 Å². The highest BCUT2D eigenvalue weighted by Gasteiger charge is 2.72. The second-order valence-electron chi connectivity index (χ2n) is 16.4. The normalized spacial score (nSPS) is 46.7. The van der Waals surface area contributed by atoms with E-state index in [0.29, 0.717) is 40.9 Å². The number of carbonyl (C=O) groups is 1. The molecule has 0 aromatic heterocycles. The highest BCUT2D eigenvalue weighted by molar-refractivity contribution is 5.91. The van der Waals surface area contributed by atoms with Gasteiger partial charge in [0.1, 0.15) is 0 Å². The zero-order chi connectivity index (χ0) is 28.7. The molecule has 0 heterocycles. The fraction of sp³-hybridized carbons (Fsp3) is 0.778. The van der Waals surface area contributed by atoms with Crippen LogP contribution in [-0.2, 0) is 4.79 Å². The maximum absolute atomic E-state index is 12.9. The molecule has 5 saturated carbocycles. The number of hydrazone groups is 1. The molecule has 6 rings (SSSR count). The van der Waals surface area contributed by atoms with Gasteiger partial charge in [-0.1, -0.05) is 66.7 Å². The number of nitrogens with zero attached hydrogens (tertiary/aromatic N) is 1. The first kappa shape index (κ1) is 28.3. The number of hydrogen-bond acceptors (Lipinski definition) is 3. The average molecular weight is 547 g/mol. The summed E-state index contributed by atoms with van der Waals surface area (Å²) in [4.78, 5) is 12.9. The van der Waals surface area contributed by atoms with Crippen molar-refractivity contribution < 1.29 is 9.90 Å². The number of hydrogen-bond donors (Lipinski definition) is 2. The van der Waals surface area contributed by atoms with Crippen molar-refractivity contribution in [3.8, 4) is 0 Å². The second kappa shape index (κ2) is 9.33. The molecule has 220 valence electrons. The lowest BCUT2D eigenvalue weighted by Gasteiger charge is -2.72. The van der Waals surface area contributed by atoms with E-state index in [4.69, 9.17) is 5.10 Å². The Bertz CT molecular complexity index is 1170. The van der Waals surface area contributed by atoms with Crippen LogP contribution >= 0.6 is 0 Å². The van der Waals surface area contributed by atoms with Crippen LogP contribution in [0.3, 0.4) is 0 Å². The van der Waals surface area contributed by atoms with Crippen LogP contribution < -0.4 is 5.43 Å². The highest BCUT2D eigenvalue weighted by atomic mass is 16.4. The van der Waals surface area contributed by atoms with Gasteiger partial charge < -0.3 is 5.11 Å². The number of nitrogens with one attached hydrogen (secondary N) is 1. The Balaban J connectivity index is 1.32. The molecule has 0 radical (unpaired) electrons. The third kappa shape index (κ3) is 3.68. The van der Waals surface area contributed by atoms with E-state index in [2.05, 4.69) is 78.2 Å². The summed E-state index contributed by atoms with van der Waals surface area (Å²) in [5, 5.41) is 15.7. The van der Waals surface area contributed by atoms with Crippen molar-refractivity contribution in [1.82, 2.24) is 0 Å². The second-order valence-corrected chi connectivity index (χ2v) is 16.4. The minimum absolute atomic E-state index is 0.0626. The molecule has 4 heteroatoms. The molecule has 5 aliphatic carbocycles. The Morgan fingerprint density at radius 2 is 1.60 bits per heavy atom. The van der Waals surface area contributed by atoms with Gasteiger partial charge in [0.05, 0.1) is 11.1 Å². The van der Waals surface area contributed by atoms with Crippen LogP contribution in [0.4, 0.5) is 5.69 Å². The fourth-order valence-corrected chi connectivity index (χ4v) is 12.4. The van der Waals surface area contributed by atoms with E-state index in [0.717, 1.165) is 37.8 Å². The first-order valence-corrected chi connectivity index (χ1v) is 16.4. The summed E-state index contributed by atoms with van der Waals surface area (Å²) >= 11 is 0. The molecule has 1 aromatic rings. The summed E-state index contributed by atoms with van der Waals surface area (Å²) in [5.74, 6) is 2.83. The molecule has 40 heavy (non-hydrogen) atoms. The molecule has 1 aromatic carbocycles. The predicted molar refractivity (Wildman–Crippen MR) is 164 cm³/mol. The lowest BCUT2D eigenvalue weighted by molar-refractivity contribution is -0.232. The van der Waals surface area contributed by atoms with Crippen LogP contribution in [0.15, 0.2) is 35.4 Å². The maximum Gasteiger partial charge on any atom is 0.309 e. The standard InChI is InChI=1S/C36H54N2O2/c1-23(2)25-15-20-36(31(39)40)22-21-34(6)26(30(25)36)13-14-28-33(5)18-17-29(38-37-24-11-9-8-10-12-24)32(3,4)27(33)16-19-35(28,34)7/h8-12,23,25-28,30,37H,13-22H2,1-7H3,(H,39,40)/b38-29+/t25-,26?,27?,28?,30?,33-,34+,35+,36-/m0/s1. The molecule has 5 aliphatic rings. The lowest BCUT2D eigenvalue weighted by atomic mass is 9.32. The van der Waals surface area contributed by atoms with E-state index < -0.39 is 11.4 Å². The van der Waals surface area contributed by atoms with Gasteiger partial charge in [-0.2, -0.15) is 5.10 Å². The van der Waals surface area contributed by atoms with Crippen LogP contribution in [0.5, 0.6) is 0 Å². The first-order valence-electron chi connectivity index (χ1n) is 16.4. The van der Waals surface area contributed by atoms with Gasteiger partial charge in [-0.15, -0.1) is 0 Å². The van der Waals surface area contributed by atoms with Gasteiger partial charge >= 0.3 is 5.97 Å². The molecular weight excluding hydrogens is 492 g/mol. The van der Waals surface area contributed by atoms with Crippen molar-refractivity contribution in [3.05, 3.63) is 30.3 Å². The molecule has 0 bridgehead atoms. The third-order valence-corrected chi connectivity index (χ3v) is 14.6. The topological polar surface area (TPSA) is 61.7 Å². The summed E-state index contributed by atoms with van der Waals surface area (Å²) in [6.07, 6.45) is 11.3. The summed E-state index contributed by atoms with van der Waals surface area (Å²) in [7, 11) is 0. The molecule has 2 N–H and O–H groups in total. The third-order valence-electron chi connectivity index (χ3n) is 14.6. The minimum atomic E-state index is -0.490. The van der Waals surface area contributed by atoms with E-state index in [-0.39, 0.29) is 16.2 Å². The van der Waals surface area contributed by atoms with Crippen molar-refractivity contribution in [2.24, 2.45) is 67.7 Å². The van der Waals surface area contributed by atoms with Crippen LogP contribution in [-0.4, -0.2) is 16.8 Å². The smallest absolute Gasteiger partial charge is 0.309 e. The van der Waals surface area contributed by atoms with E-state index in [1.54, 1.807) is 0 Å². The van der Waals surface area contributed by atoms with Crippen molar-refractivity contribution in [3.63, 3.8) is 0 Å². The average Bonchev–Trinajstić information content (AvgIpc) is 3.31. The minimum Gasteiger partial charge on any atom is -0.481 e. The Hall–Kier alpha value is -1.84. The van der Waals surface area contributed by atoms with Crippen molar-refractivity contribution >= 4 is 17.4 Å². The van der Waals surface area contributed by atoms with Gasteiger partial charge in [-0.3, -0.25) is 10.2 Å². The number of carboxylic acids is 1. The van der Waals surface area contributed by atoms with Crippen molar-refractivity contribution in [2.75, 3.05) is 5.43 Å². The number of carboxylic acid groups (broad SMARTS) is 1. The van der Waals surface area contributed by atoms with Gasteiger partial charge in [-0.05, 0) is 128 Å². The van der Waals surface area contributed by atoms with E-state index in [1.807, 2.05) is 6.07 Å². The molecule has 4 nitrogen and oxygen atoms in total. The van der Waals surface area contributed by atoms with Gasteiger partial charge in [-0.25, -0.2) is 0 Å². The Labute approximate surface area is 243 Å².